The van der Waals surface area contributed by atoms with Crippen molar-refractivity contribution >= 4 is 64.5 Å². The smallest absolute Gasteiger partial charge is 0.229 e. The molecule has 0 aliphatic carbocycles. The van der Waals surface area contributed by atoms with Gasteiger partial charge in [-0.25, -0.2) is 4.98 Å². The Labute approximate surface area is 244 Å². The number of nitrogens with zero attached hydrogens (tertiary/aromatic N) is 4. The molecule has 4 heterocycles. The van der Waals surface area contributed by atoms with Gasteiger partial charge in [0.15, 0.2) is 5.82 Å². The molecule has 2 fully saturated rings. The van der Waals surface area contributed by atoms with Crippen molar-refractivity contribution in [1.82, 2.24) is 14.9 Å². The fourth-order valence-corrected chi connectivity index (χ4v) is 7.35. The highest BCUT2D eigenvalue weighted by Crippen LogP contribution is 2.44. The average Bonchev–Trinajstić information content (AvgIpc) is 2.94. The molecular formula is C28H33Cl2N6O3P. The Bertz CT molecular complexity index is 1450. The highest BCUT2D eigenvalue weighted by Gasteiger charge is 2.37. The molecule has 9 nitrogen and oxygen atoms in total. The van der Waals surface area contributed by atoms with Crippen LogP contribution < -0.4 is 25.6 Å². The number of benzene rings is 2. The highest BCUT2D eigenvalue weighted by atomic mass is 35.5. The Morgan fingerprint density at radius 2 is 1.82 bits per heavy atom. The third-order valence-corrected chi connectivity index (χ3v) is 9.82. The molecule has 1 aromatic heterocycles. The first kappa shape index (κ1) is 27.6. The summed E-state index contributed by atoms with van der Waals surface area (Å²) in [5, 5.41) is 8.16. The normalized spacial score (nSPS) is 19.9. The summed E-state index contributed by atoms with van der Waals surface area (Å²) in [6.07, 6.45) is 3.71. The average molecular weight is 603 g/mol. The fraction of sp³-hybridized carbons (Fsp3) is 0.429. The van der Waals surface area contributed by atoms with E-state index >= 15 is 0 Å². The lowest BCUT2D eigenvalue weighted by Crippen LogP contribution is -2.60. The molecule has 0 unspecified atom stereocenters. The molecule has 3 aromatic rings. The Balaban J connectivity index is 1.19. The zero-order valence-corrected chi connectivity index (χ0v) is 25.0. The van der Waals surface area contributed by atoms with Gasteiger partial charge in [-0.1, -0.05) is 35.3 Å². The van der Waals surface area contributed by atoms with E-state index in [1.54, 1.807) is 13.3 Å². The summed E-state index contributed by atoms with van der Waals surface area (Å²) in [7, 11) is -2.52. The van der Waals surface area contributed by atoms with Crippen LogP contribution in [0, 0.1) is 0 Å². The minimum atomic E-state index is -2.52. The Kier molecular flexibility index (Phi) is 7.85. The number of rotatable bonds is 6. The van der Waals surface area contributed by atoms with Crippen molar-refractivity contribution in [2.45, 2.75) is 24.9 Å². The largest absolute Gasteiger partial charge is 0.489 e. The topological polar surface area (TPSA) is 91.8 Å². The molecule has 6 rings (SSSR count). The summed E-state index contributed by atoms with van der Waals surface area (Å²) in [5.74, 6) is 1.50. The van der Waals surface area contributed by atoms with Crippen LogP contribution in [-0.2, 0) is 9.30 Å². The maximum Gasteiger partial charge on any atom is 0.229 e. The van der Waals surface area contributed by atoms with E-state index in [9.17, 15) is 4.57 Å². The molecule has 0 bridgehead atoms. The molecule has 12 heteroatoms. The summed E-state index contributed by atoms with van der Waals surface area (Å²) in [5.41, 5.74) is 2.34. The minimum Gasteiger partial charge on any atom is -0.489 e. The lowest BCUT2D eigenvalue weighted by atomic mass is 10.0. The Hall–Kier alpha value is -2.55. The van der Waals surface area contributed by atoms with Gasteiger partial charge >= 0.3 is 0 Å². The van der Waals surface area contributed by atoms with Gasteiger partial charge in [0, 0.05) is 55.9 Å². The van der Waals surface area contributed by atoms with Crippen molar-refractivity contribution in [3.63, 3.8) is 0 Å². The molecule has 3 aliphatic rings. The van der Waals surface area contributed by atoms with Crippen LogP contribution in [-0.4, -0.2) is 79.7 Å². The maximum absolute atomic E-state index is 12.8. The maximum atomic E-state index is 12.8. The zero-order valence-electron chi connectivity index (χ0n) is 22.6. The predicted molar refractivity (Wildman–Crippen MR) is 163 cm³/mol. The zero-order chi connectivity index (χ0) is 27.9. The molecule has 0 amide bonds. The SMILES string of the molecule is CP(C)(=O)c1ccccc1Nc1nc(Nc2cc(Cl)c3c(c2)OC[C@@H]2CN(C4CCOCC4)CCN32)ncc1Cl. The van der Waals surface area contributed by atoms with Crippen LogP contribution in [0.1, 0.15) is 12.8 Å². The predicted octanol–water partition coefficient (Wildman–Crippen LogP) is 5.58. The fourth-order valence-electron chi connectivity index (χ4n) is 5.74. The van der Waals surface area contributed by atoms with Crippen molar-refractivity contribution in [2.24, 2.45) is 0 Å². The summed E-state index contributed by atoms with van der Waals surface area (Å²) in [4.78, 5) is 13.9. The number of piperazine rings is 1. The van der Waals surface area contributed by atoms with Gasteiger partial charge in [0.1, 0.15) is 24.5 Å². The van der Waals surface area contributed by atoms with Crippen molar-refractivity contribution in [1.29, 1.82) is 0 Å². The molecule has 0 saturated carbocycles. The van der Waals surface area contributed by atoms with Crippen molar-refractivity contribution in [3.05, 3.63) is 52.6 Å². The first-order valence-corrected chi connectivity index (χ1v) is 16.9. The highest BCUT2D eigenvalue weighted by molar-refractivity contribution is 7.70. The molecule has 2 N–H and O–H groups in total. The van der Waals surface area contributed by atoms with Gasteiger partial charge in [-0.2, -0.15) is 4.98 Å². The molecule has 2 aromatic carbocycles. The number of nitrogens with one attached hydrogen (secondary N) is 2. The van der Waals surface area contributed by atoms with Gasteiger partial charge in [0.2, 0.25) is 5.95 Å². The first-order chi connectivity index (χ1) is 19.3. The van der Waals surface area contributed by atoms with E-state index in [4.69, 9.17) is 32.7 Å². The van der Waals surface area contributed by atoms with Crippen LogP contribution >= 0.6 is 30.3 Å². The third-order valence-electron chi connectivity index (χ3n) is 7.71. The number of anilines is 5. The second kappa shape index (κ2) is 11.4. The lowest BCUT2D eigenvalue weighted by molar-refractivity contribution is 0.0231. The minimum absolute atomic E-state index is 0.262. The van der Waals surface area contributed by atoms with E-state index in [-0.39, 0.29) is 6.04 Å². The van der Waals surface area contributed by atoms with Crippen LogP contribution in [0.25, 0.3) is 0 Å². The van der Waals surface area contributed by atoms with Crippen LogP contribution in [0.15, 0.2) is 42.6 Å². The van der Waals surface area contributed by atoms with E-state index in [0.29, 0.717) is 45.8 Å². The molecule has 3 aliphatic heterocycles. The van der Waals surface area contributed by atoms with Crippen molar-refractivity contribution < 1.29 is 14.0 Å². The third kappa shape index (κ3) is 5.76. The van der Waals surface area contributed by atoms with Gasteiger partial charge in [0.05, 0.1) is 28.6 Å². The van der Waals surface area contributed by atoms with Gasteiger partial charge in [0.25, 0.3) is 0 Å². The summed E-state index contributed by atoms with van der Waals surface area (Å²) < 4.78 is 24.6. The number of hydrogen-bond donors (Lipinski definition) is 2. The molecule has 0 radical (unpaired) electrons. The molecule has 212 valence electrons. The van der Waals surface area contributed by atoms with E-state index in [0.717, 1.165) is 62.4 Å². The second-order valence-corrected chi connectivity index (χ2v) is 14.8. The molecule has 2 saturated heterocycles. The van der Waals surface area contributed by atoms with E-state index in [1.807, 2.05) is 36.4 Å². The summed E-state index contributed by atoms with van der Waals surface area (Å²) in [6.45, 7) is 8.64. The summed E-state index contributed by atoms with van der Waals surface area (Å²) >= 11 is 13.3. The number of aromatic nitrogens is 2. The van der Waals surface area contributed by atoms with Gasteiger partial charge in [-0.15, -0.1) is 0 Å². The standard InChI is InChI=1S/C28H33Cl2N6O3P/c1-40(2,37)25-6-4-3-5-23(25)33-27-22(30)15-31-28(34-27)32-18-13-21(29)26-24(14-18)39-17-20-16-35(9-10-36(20)26)19-7-11-38-12-8-19/h3-6,13-15,19-20H,7-12,16-17H2,1-2H3,(H2,31,32,33,34)/t20-/m0/s1. The Morgan fingerprint density at radius 3 is 2.62 bits per heavy atom. The van der Waals surface area contributed by atoms with Crippen molar-refractivity contribution in [3.8, 4) is 5.75 Å². The van der Waals surface area contributed by atoms with Gasteiger partial charge in [-0.3, -0.25) is 4.90 Å². The first-order valence-electron chi connectivity index (χ1n) is 13.5. The molecular weight excluding hydrogens is 570 g/mol. The molecule has 40 heavy (non-hydrogen) atoms. The number of halogens is 2. The van der Waals surface area contributed by atoms with Crippen LogP contribution in [0.5, 0.6) is 5.75 Å². The number of para-hydroxylation sites is 1. The van der Waals surface area contributed by atoms with Crippen LogP contribution in [0.4, 0.5) is 28.8 Å². The van der Waals surface area contributed by atoms with Crippen LogP contribution in [0.3, 0.4) is 0 Å². The van der Waals surface area contributed by atoms with E-state index in [2.05, 4.69) is 30.4 Å². The molecule has 1 atom stereocenters. The number of hydrogen-bond acceptors (Lipinski definition) is 9. The second-order valence-electron chi connectivity index (χ2n) is 10.8. The van der Waals surface area contributed by atoms with Crippen molar-refractivity contribution in [2.75, 3.05) is 68.3 Å². The van der Waals surface area contributed by atoms with Gasteiger partial charge < -0.3 is 29.6 Å². The quantitative estimate of drug-likeness (QED) is 0.351. The number of ether oxygens (including phenoxy) is 2. The monoisotopic (exact) mass is 602 g/mol. The van der Waals surface area contributed by atoms with Gasteiger partial charge in [-0.05, 0) is 44.4 Å². The number of fused-ring (bicyclic) bond motifs is 3. The molecule has 0 spiro atoms. The summed E-state index contributed by atoms with van der Waals surface area (Å²) in [6, 6.07) is 12.1. The van der Waals surface area contributed by atoms with E-state index in [1.165, 1.54) is 6.20 Å². The lowest BCUT2D eigenvalue weighted by Gasteiger charge is -2.48. The van der Waals surface area contributed by atoms with E-state index < -0.39 is 7.14 Å². The van der Waals surface area contributed by atoms with Crippen LogP contribution in [0.2, 0.25) is 10.0 Å². The Morgan fingerprint density at radius 1 is 1.02 bits per heavy atom.